The molecule has 1 atom stereocenters. The molecule has 0 bridgehead atoms. The van der Waals surface area contributed by atoms with E-state index in [0.29, 0.717) is 5.56 Å². The van der Waals surface area contributed by atoms with Gasteiger partial charge in [-0.1, -0.05) is 17.3 Å². The number of benzene rings is 1. The predicted octanol–water partition coefficient (Wildman–Crippen LogP) is 1.42. The van der Waals surface area contributed by atoms with Crippen molar-refractivity contribution in [2.24, 2.45) is 5.16 Å². The molecule has 1 N–H and O–H groups in total. The summed E-state index contributed by atoms with van der Waals surface area (Å²) in [7, 11) is 0. The number of carboxylic acid groups (broad SMARTS) is 1. The van der Waals surface area contributed by atoms with Crippen molar-refractivity contribution >= 4 is 17.9 Å². The van der Waals surface area contributed by atoms with Gasteiger partial charge in [-0.3, -0.25) is 10.1 Å². The van der Waals surface area contributed by atoms with Crippen molar-refractivity contribution in [3.8, 4) is 0 Å². The fraction of sp³-hybridized carbons (Fsp3) is 0.200. The zero-order valence-corrected chi connectivity index (χ0v) is 8.94. The first-order chi connectivity index (χ1) is 8.00. The summed E-state index contributed by atoms with van der Waals surface area (Å²) >= 11 is 0. The largest absolute Gasteiger partial charge is 0.478 e. The van der Waals surface area contributed by atoms with Crippen LogP contribution in [0.3, 0.4) is 0 Å². The molecule has 0 radical (unpaired) electrons. The molecule has 0 heterocycles. The van der Waals surface area contributed by atoms with Gasteiger partial charge >= 0.3 is 5.97 Å². The van der Waals surface area contributed by atoms with Crippen LogP contribution in [0.25, 0.3) is 0 Å². The van der Waals surface area contributed by atoms with Crippen molar-refractivity contribution in [1.82, 2.24) is 0 Å². The summed E-state index contributed by atoms with van der Waals surface area (Å²) in [5.41, 5.74) is 0.386. The Morgan fingerprint density at radius 2 is 2.35 bits per heavy atom. The summed E-state index contributed by atoms with van der Waals surface area (Å²) in [5.74, 6) is -1.14. The number of hydrogen-bond donors (Lipinski definition) is 1. The van der Waals surface area contributed by atoms with Crippen LogP contribution in [0.15, 0.2) is 29.4 Å². The Kier molecular flexibility index (Phi) is 4.15. The summed E-state index contributed by atoms with van der Waals surface area (Å²) in [6.07, 6.45) is 0.150. The minimum absolute atomic E-state index is 0.0692. The molecule has 0 aliphatic rings. The highest BCUT2D eigenvalue weighted by Gasteiger charge is 2.10. The van der Waals surface area contributed by atoms with E-state index in [-0.39, 0.29) is 5.69 Å². The van der Waals surface area contributed by atoms with E-state index in [1.165, 1.54) is 31.3 Å². The normalized spacial score (nSPS) is 12.3. The van der Waals surface area contributed by atoms with Gasteiger partial charge in [0.2, 0.25) is 6.10 Å². The molecule has 0 amide bonds. The number of nitro groups is 1. The van der Waals surface area contributed by atoms with Crippen LogP contribution in [0.5, 0.6) is 0 Å². The van der Waals surface area contributed by atoms with Gasteiger partial charge in [0, 0.05) is 17.7 Å². The monoisotopic (exact) mass is 238 g/mol. The average Bonchev–Trinajstić information content (AvgIpc) is 2.29. The molecular formula is C10H10N2O5. The number of oxime groups is 1. The third kappa shape index (κ3) is 3.90. The molecule has 0 aromatic heterocycles. The lowest BCUT2D eigenvalue weighted by molar-refractivity contribution is -0.384. The maximum Gasteiger partial charge on any atom is 0.347 e. The predicted molar refractivity (Wildman–Crippen MR) is 58.9 cm³/mol. The third-order valence-corrected chi connectivity index (χ3v) is 1.85. The van der Waals surface area contributed by atoms with Gasteiger partial charge in [0.1, 0.15) is 0 Å². The first kappa shape index (κ1) is 12.6. The van der Waals surface area contributed by atoms with Gasteiger partial charge < -0.3 is 9.94 Å². The SMILES string of the molecule is C[C@H](ON=Cc1cccc([N+](=O)[O-])c1)C(=O)O. The molecule has 90 valence electrons. The average molecular weight is 238 g/mol. The third-order valence-electron chi connectivity index (χ3n) is 1.85. The second-order valence-electron chi connectivity index (χ2n) is 3.17. The van der Waals surface area contributed by atoms with E-state index < -0.39 is 17.0 Å². The Labute approximate surface area is 96.5 Å². The topological polar surface area (TPSA) is 102 Å². The fourth-order valence-electron chi connectivity index (χ4n) is 0.946. The van der Waals surface area contributed by atoms with Gasteiger partial charge in [-0.25, -0.2) is 4.79 Å². The van der Waals surface area contributed by atoms with Crippen LogP contribution in [0.4, 0.5) is 5.69 Å². The van der Waals surface area contributed by atoms with Gasteiger partial charge in [0.25, 0.3) is 5.69 Å². The first-order valence-corrected chi connectivity index (χ1v) is 4.67. The molecule has 0 spiro atoms. The summed E-state index contributed by atoms with van der Waals surface area (Å²) in [4.78, 5) is 25.0. The number of nitro benzene ring substituents is 1. The minimum atomic E-state index is -1.14. The van der Waals surface area contributed by atoms with Crippen LogP contribution < -0.4 is 0 Å². The van der Waals surface area contributed by atoms with Gasteiger partial charge in [-0.15, -0.1) is 0 Å². The molecule has 1 aromatic carbocycles. The van der Waals surface area contributed by atoms with Crippen molar-refractivity contribution in [2.45, 2.75) is 13.0 Å². The lowest BCUT2D eigenvalue weighted by Gasteiger charge is -2.02. The van der Waals surface area contributed by atoms with Crippen LogP contribution in [-0.2, 0) is 9.63 Å². The quantitative estimate of drug-likeness (QED) is 0.474. The molecule has 0 saturated carbocycles. The van der Waals surface area contributed by atoms with E-state index in [2.05, 4.69) is 9.99 Å². The zero-order chi connectivity index (χ0) is 12.8. The summed E-state index contributed by atoms with van der Waals surface area (Å²) in [6.45, 7) is 1.33. The summed E-state index contributed by atoms with van der Waals surface area (Å²) < 4.78 is 0. The van der Waals surface area contributed by atoms with Gasteiger partial charge in [0.15, 0.2) is 0 Å². The van der Waals surface area contributed by atoms with E-state index in [1.807, 2.05) is 0 Å². The standard InChI is InChI=1S/C10H10N2O5/c1-7(10(13)14)17-11-6-8-3-2-4-9(5-8)12(15)16/h2-7H,1H3,(H,13,14)/t7-/m0/s1. The van der Waals surface area contributed by atoms with E-state index in [1.54, 1.807) is 6.07 Å². The Morgan fingerprint density at radius 3 is 2.94 bits per heavy atom. The van der Waals surface area contributed by atoms with Crippen LogP contribution in [0.1, 0.15) is 12.5 Å². The first-order valence-electron chi connectivity index (χ1n) is 4.67. The molecule has 1 aromatic rings. The summed E-state index contributed by atoms with van der Waals surface area (Å²) in [6, 6.07) is 5.74. The Bertz CT molecular complexity index is 458. The number of carboxylic acids is 1. The highest BCUT2D eigenvalue weighted by atomic mass is 16.6. The van der Waals surface area contributed by atoms with Crippen LogP contribution in [0, 0.1) is 10.1 Å². The number of hydrogen-bond acceptors (Lipinski definition) is 5. The zero-order valence-electron chi connectivity index (χ0n) is 8.94. The summed E-state index contributed by atoms with van der Waals surface area (Å²) in [5, 5.41) is 22.4. The molecule has 0 unspecified atom stereocenters. The van der Waals surface area contributed by atoms with Crippen molar-refractivity contribution in [3.05, 3.63) is 39.9 Å². The minimum Gasteiger partial charge on any atom is -0.478 e. The van der Waals surface area contributed by atoms with E-state index >= 15 is 0 Å². The molecule has 0 aliphatic heterocycles. The second kappa shape index (κ2) is 5.59. The van der Waals surface area contributed by atoms with Crippen LogP contribution in [0.2, 0.25) is 0 Å². The van der Waals surface area contributed by atoms with Crippen molar-refractivity contribution in [2.75, 3.05) is 0 Å². The Morgan fingerprint density at radius 1 is 1.65 bits per heavy atom. The number of non-ortho nitro benzene ring substituents is 1. The molecule has 7 nitrogen and oxygen atoms in total. The number of aliphatic carboxylic acids is 1. The highest BCUT2D eigenvalue weighted by Crippen LogP contribution is 2.11. The maximum atomic E-state index is 10.5. The molecule has 17 heavy (non-hydrogen) atoms. The lowest BCUT2D eigenvalue weighted by Crippen LogP contribution is -2.17. The smallest absolute Gasteiger partial charge is 0.347 e. The maximum absolute atomic E-state index is 10.5. The van der Waals surface area contributed by atoms with Gasteiger partial charge in [-0.05, 0) is 6.92 Å². The van der Waals surface area contributed by atoms with E-state index in [0.717, 1.165) is 0 Å². The Balaban J connectivity index is 2.68. The molecular weight excluding hydrogens is 228 g/mol. The molecule has 0 aliphatic carbocycles. The van der Waals surface area contributed by atoms with Gasteiger partial charge in [0.05, 0.1) is 11.1 Å². The van der Waals surface area contributed by atoms with E-state index in [9.17, 15) is 14.9 Å². The molecule has 0 fully saturated rings. The number of rotatable bonds is 5. The van der Waals surface area contributed by atoms with Crippen LogP contribution in [-0.4, -0.2) is 28.3 Å². The van der Waals surface area contributed by atoms with Crippen molar-refractivity contribution in [3.63, 3.8) is 0 Å². The molecule has 0 saturated heterocycles. The molecule has 7 heteroatoms. The van der Waals surface area contributed by atoms with Gasteiger partial charge in [-0.2, -0.15) is 0 Å². The fourth-order valence-corrected chi connectivity index (χ4v) is 0.946. The highest BCUT2D eigenvalue weighted by molar-refractivity contribution is 5.80. The Hall–Kier alpha value is -2.44. The van der Waals surface area contributed by atoms with Crippen molar-refractivity contribution in [1.29, 1.82) is 0 Å². The number of nitrogens with zero attached hydrogens (tertiary/aromatic N) is 2. The van der Waals surface area contributed by atoms with E-state index in [4.69, 9.17) is 5.11 Å². The molecule has 1 rings (SSSR count). The number of carbonyl (C=O) groups is 1. The lowest BCUT2D eigenvalue weighted by atomic mass is 10.2. The van der Waals surface area contributed by atoms with Crippen molar-refractivity contribution < 1.29 is 19.7 Å². The second-order valence-corrected chi connectivity index (χ2v) is 3.17. The van der Waals surface area contributed by atoms with Crippen LogP contribution >= 0.6 is 0 Å².